The van der Waals surface area contributed by atoms with Gasteiger partial charge in [0, 0.05) is 45.9 Å². The van der Waals surface area contributed by atoms with Gasteiger partial charge in [-0.2, -0.15) is 0 Å². The number of nitrogens with zero attached hydrogens (tertiary/aromatic N) is 2. The number of aliphatic hydroxyl groups excluding tert-OH is 2. The zero-order chi connectivity index (χ0) is 39.1. The van der Waals surface area contributed by atoms with Crippen LogP contribution in [0.1, 0.15) is 35.1 Å². The molecule has 4 aliphatic heterocycles. The Morgan fingerprint density at radius 1 is 0.632 bits per heavy atom. The number of ether oxygens (including phenoxy) is 4. The number of benzene rings is 2. The summed E-state index contributed by atoms with van der Waals surface area (Å²) in [5.41, 5.74) is 5.21. The molecule has 0 unspecified atom stereocenters. The number of piperidine rings is 2. The molecule has 10 atom stereocenters. The highest BCUT2D eigenvalue weighted by Gasteiger charge is 2.65. The van der Waals surface area contributed by atoms with Crippen molar-refractivity contribution in [2.45, 2.75) is 73.0 Å². The Labute approximate surface area is 329 Å². The van der Waals surface area contributed by atoms with Gasteiger partial charge in [0.1, 0.15) is 24.4 Å². The fourth-order valence-corrected chi connectivity index (χ4v) is 10.8. The van der Waals surface area contributed by atoms with Crippen LogP contribution >= 0.6 is 15.6 Å². The molecule has 2 saturated heterocycles. The minimum atomic E-state index is -4.64. The van der Waals surface area contributed by atoms with E-state index in [2.05, 4.69) is 48.2 Å². The SMILES string of the molecule is COc1ccc2c3c1O[C@H]1[C@@H](O)C=C[C@H]4[C@@H](C2)N(C)CC[C@@]341.COc1ccc2c3c1O[C@H]1[C@@H](O)C=C[C@H]4[C@@H](C2)N(C)CC[C@@]341.O.O.O.O=P(O)(O)O.O=P(O)(O)O. The van der Waals surface area contributed by atoms with E-state index in [-0.39, 0.29) is 39.5 Å². The van der Waals surface area contributed by atoms with Crippen molar-refractivity contribution in [2.75, 3.05) is 41.4 Å². The van der Waals surface area contributed by atoms with Gasteiger partial charge in [-0.3, -0.25) is 0 Å². The van der Waals surface area contributed by atoms with Gasteiger partial charge in [-0.05, 0) is 76.1 Å². The van der Waals surface area contributed by atoms with Crippen LogP contribution in [0.15, 0.2) is 48.6 Å². The highest BCUT2D eigenvalue weighted by molar-refractivity contribution is 7.45. The van der Waals surface area contributed by atoms with Gasteiger partial charge in [-0.15, -0.1) is 0 Å². The Morgan fingerprint density at radius 2 is 0.965 bits per heavy atom. The van der Waals surface area contributed by atoms with Gasteiger partial charge in [0.2, 0.25) is 0 Å². The summed E-state index contributed by atoms with van der Waals surface area (Å²) < 4.78 is 41.4. The molecule has 0 radical (unpaired) electrons. The van der Waals surface area contributed by atoms with Crippen molar-refractivity contribution in [2.24, 2.45) is 11.8 Å². The van der Waals surface area contributed by atoms with Gasteiger partial charge < -0.3 is 84.7 Å². The molecule has 4 aliphatic carbocycles. The summed E-state index contributed by atoms with van der Waals surface area (Å²) in [5.74, 6) is 4.18. The van der Waals surface area contributed by atoms with Crippen LogP contribution in [0.25, 0.3) is 0 Å². The summed E-state index contributed by atoms with van der Waals surface area (Å²) in [7, 11) is -1.46. The van der Waals surface area contributed by atoms with Crippen LogP contribution in [0.3, 0.4) is 0 Å². The molecule has 0 aromatic heterocycles. The molecule has 2 spiro atoms. The highest BCUT2D eigenvalue weighted by atomic mass is 31.2. The third-order valence-corrected chi connectivity index (χ3v) is 12.7. The number of aliphatic hydroxyl groups is 2. The van der Waals surface area contributed by atoms with Crippen LogP contribution < -0.4 is 18.9 Å². The van der Waals surface area contributed by atoms with Crippen molar-refractivity contribution in [3.63, 3.8) is 0 Å². The van der Waals surface area contributed by atoms with Gasteiger partial charge in [-0.1, -0.05) is 36.4 Å². The van der Waals surface area contributed by atoms with E-state index in [4.69, 9.17) is 57.4 Å². The molecule has 2 aromatic rings. The fraction of sp³-hybridized carbons (Fsp3) is 0.556. The van der Waals surface area contributed by atoms with Gasteiger partial charge in [0.25, 0.3) is 0 Å². The minimum Gasteiger partial charge on any atom is -0.493 e. The average Bonchev–Trinajstić information content (AvgIpc) is 3.63. The third kappa shape index (κ3) is 7.81. The fourth-order valence-electron chi connectivity index (χ4n) is 10.8. The van der Waals surface area contributed by atoms with Crippen molar-refractivity contribution in [1.82, 2.24) is 9.80 Å². The topological polar surface area (TPSA) is 334 Å². The Kier molecular flexibility index (Phi) is 13.6. The lowest BCUT2D eigenvalue weighted by atomic mass is 9.53. The van der Waals surface area contributed by atoms with Gasteiger partial charge in [-0.25, -0.2) is 9.13 Å². The maximum Gasteiger partial charge on any atom is 0.466 e. The molecule has 320 valence electrons. The molecule has 57 heavy (non-hydrogen) atoms. The quantitative estimate of drug-likeness (QED) is 0.128. The average molecular weight is 849 g/mol. The number of hydrogen-bond acceptors (Lipinski definition) is 10. The van der Waals surface area contributed by atoms with E-state index in [1.54, 1.807) is 14.2 Å². The van der Waals surface area contributed by atoms with Gasteiger partial charge >= 0.3 is 15.6 Å². The Hall–Kier alpha value is -2.94. The van der Waals surface area contributed by atoms with Gasteiger partial charge in [0.05, 0.1) is 14.2 Å². The van der Waals surface area contributed by atoms with E-state index in [1.165, 1.54) is 22.3 Å². The van der Waals surface area contributed by atoms with Crippen LogP contribution in [0.5, 0.6) is 23.0 Å². The normalized spacial score (nSPS) is 33.8. The Morgan fingerprint density at radius 3 is 1.28 bits per heavy atom. The molecule has 21 heteroatoms. The smallest absolute Gasteiger partial charge is 0.466 e. The summed E-state index contributed by atoms with van der Waals surface area (Å²) in [4.78, 5) is 48.1. The zero-order valence-electron chi connectivity index (χ0n) is 31.8. The second-order valence-corrected chi connectivity index (χ2v) is 17.3. The molecule has 0 amide bonds. The zero-order valence-corrected chi connectivity index (χ0v) is 33.6. The van der Waals surface area contributed by atoms with E-state index in [9.17, 15) is 10.2 Å². The molecule has 4 heterocycles. The van der Waals surface area contributed by atoms with E-state index in [0.29, 0.717) is 23.9 Å². The molecular weight excluding hydrogens is 794 g/mol. The van der Waals surface area contributed by atoms with Crippen LogP contribution in [0.4, 0.5) is 0 Å². The first kappa shape index (κ1) is 46.7. The molecule has 8 aliphatic rings. The predicted molar refractivity (Wildman–Crippen MR) is 204 cm³/mol. The number of hydrogen-bond donors (Lipinski definition) is 8. The maximum absolute atomic E-state index is 10.6. The number of phosphoric acid groups is 2. The first-order chi connectivity index (χ1) is 25.3. The second kappa shape index (κ2) is 16.6. The third-order valence-electron chi connectivity index (χ3n) is 12.7. The lowest BCUT2D eigenvalue weighted by Gasteiger charge is -2.56. The monoisotopic (exact) mass is 848 g/mol. The van der Waals surface area contributed by atoms with Crippen molar-refractivity contribution >= 4 is 15.6 Å². The second-order valence-electron chi connectivity index (χ2n) is 15.3. The van der Waals surface area contributed by atoms with Crippen LogP contribution in [-0.4, -0.2) is 144 Å². The van der Waals surface area contributed by atoms with Crippen molar-refractivity contribution < 1.29 is 84.1 Å². The number of likely N-dealkylation sites (tertiary alicyclic amines) is 2. The summed E-state index contributed by atoms with van der Waals surface area (Å²) in [5, 5.41) is 21.1. The first-order valence-corrected chi connectivity index (χ1v) is 20.9. The van der Waals surface area contributed by atoms with Crippen molar-refractivity contribution in [3.05, 3.63) is 70.8 Å². The van der Waals surface area contributed by atoms with Gasteiger partial charge in [0.15, 0.2) is 23.0 Å². The molecule has 2 fully saturated rings. The number of methoxy groups -OCH3 is 2. The van der Waals surface area contributed by atoms with E-state index < -0.39 is 27.9 Å². The molecular formula is C36H54N2O17P2. The van der Waals surface area contributed by atoms with E-state index in [1.807, 2.05) is 24.3 Å². The molecule has 14 N–H and O–H groups in total. The molecule has 0 saturated carbocycles. The molecule has 19 nitrogen and oxygen atoms in total. The minimum absolute atomic E-state index is 0. The summed E-state index contributed by atoms with van der Waals surface area (Å²) in [6.45, 7) is 2.11. The predicted octanol–water partition coefficient (Wildman–Crippen LogP) is -1.33. The molecule has 2 aromatic carbocycles. The van der Waals surface area contributed by atoms with E-state index >= 15 is 0 Å². The Balaban J connectivity index is 0.000000197. The lowest BCUT2D eigenvalue weighted by Crippen LogP contribution is -2.64. The van der Waals surface area contributed by atoms with Crippen LogP contribution in [0.2, 0.25) is 0 Å². The summed E-state index contributed by atoms with van der Waals surface area (Å²) >= 11 is 0. The number of rotatable bonds is 2. The Bertz CT molecular complexity index is 1800. The van der Waals surface area contributed by atoms with E-state index in [0.717, 1.165) is 61.8 Å². The van der Waals surface area contributed by atoms with Crippen LogP contribution in [-0.2, 0) is 32.8 Å². The van der Waals surface area contributed by atoms with Crippen molar-refractivity contribution in [3.8, 4) is 23.0 Å². The maximum atomic E-state index is 10.6. The largest absolute Gasteiger partial charge is 0.493 e. The standard InChI is InChI=1S/2C18H21NO3.2H3O4P.3H2O/c2*1-19-8-7-18-11-4-5-13(20)17(18)22-16-14(21-2)6-3-10(15(16)18)9-12(11)19;2*1-5(2,3)4;;;/h2*3-6,11-13,17,20H,7-9H2,1-2H3;2*(H3,1,2,3,4);3*1H2/t2*11-,12+,13-,17-,18-;;;;;/m00...../s1. The summed E-state index contributed by atoms with van der Waals surface area (Å²) in [6.07, 6.45) is 11.1. The summed E-state index contributed by atoms with van der Waals surface area (Å²) in [6, 6.07) is 9.40. The molecule has 10 rings (SSSR count). The highest BCUT2D eigenvalue weighted by Crippen LogP contribution is 2.64. The first-order valence-electron chi connectivity index (χ1n) is 17.8. The number of likely N-dealkylation sites (N-methyl/N-ethyl adjacent to an activating group) is 2. The van der Waals surface area contributed by atoms with Crippen LogP contribution in [0, 0.1) is 11.8 Å². The van der Waals surface area contributed by atoms with Crippen molar-refractivity contribution in [1.29, 1.82) is 0 Å². The molecule has 4 bridgehead atoms. The lowest BCUT2D eigenvalue weighted by molar-refractivity contribution is -0.0453.